The number of aryl methyl sites for hydroxylation is 2. The van der Waals surface area contributed by atoms with E-state index in [0.717, 1.165) is 11.4 Å². The lowest BCUT2D eigenvalue weighted by molar-refractivity contribution is -0.143. The average Bonchev–Trinajstić information content (AvgIpc) is 2.88. The number of carbonyl (C=O) groups is 2. The van der Waals surface area contributed by atoms with E-state index in [1.54, 1.807) is 15.6 Å². The number of carbonyl (C=O) groups excluding carboxylic acids is 1. The maximum Gasteiger partial charge on any atom is 0.308 e. The SMILES string of the molecule is Cc1cc2ncc(C(=O)N3CCCC(C(=O)O)C3)c(C)n2n1. The molecule has 0 aliphatic carbocycles. The second kappa shape index (κ2) is 5.40. The summed E-state index contributed by atoms with van der Waals surface area (Å²) in [5.41, 5.74) is 2.74. The van der Waals surface area contributed by atoms with E-state index in [1.807, 2.05) is 19.9 Å². The van der Waals surface area contributed by atoms with Gasteiger partial charge in [-0.2, -0.15) is 5.10 Å². The molecule has 3 heterocycles. The summed E-state index contributed by atoms with van der Waals surface area (Å²) in [6.45, 7) is 4.53. The van der Waals surface area contributed by atoms with Crippen molar-refractivity contribution < 1.29 is 14.7 Å². The molecule has 0 aromatic carbocycles. The lowest BCUT2D eigenvalue weighted by Gasteiger charge is -2.31. The molecule has 1 saturated heterocycles. The van der Waals surface area contributed by atoms with Crippen LogP contribution in [-0.2, 0) is 4.79 Å². The highest BCUT2D eigenvalue weighted by Gasteiger charge is 2.29. The lowest BCUT2D eigenvalue weighted by atomic mass is 9.97. The molecule has 1 fully saturated rings. The fourth-order valence-electron chi connectivity index (χ4n) is 2.91. The highest BCUT2D eigenvalue weighted by atomic mass is 16.4. The molecule has 2 aromatic rings. The van der Waals surface area contributed by atoms with Gasteiger partial charge in [0.2, 0.25) is 0 Å². The first kappa shape index (κ1) is 14.5. The van der Waals surface area contributed by atoms with Crippen molar-refractivity contribution in [1.82, 2.24) is 19.5 Å². The van der Waals surface area contributed by atoms with Crippen LogP contribution in [0.2, 0.25) is 0 Å². The molecule has 0 bridgehead atoms. The van der Waals surface area contributed by atoms with Gasteiger partial charge in [-0.25, -0.2) is 9.50 Å². The third kappa shape index (κ3) is 2.43. The number of aromatic nitrogens is 3. The molecular formula is C15H18N4O3. The molecule has 3 rings (SSSR count). The quantitative estimate of drug-likeness (QED) is 0.903. The molecule has 0 saturated carbocycles. The zero-order valence-electron chi connectivity index (χ0n) is 12.6. The molecule has 1 atom stereocenters. The summed E-state index contributed by atoms with van der Waals surface area (Å²) in [5, 5.41) is 13.5. The van der Waals surface area contributed by atoms with E-state index in [9.17, 15) is 9.59 Å². The van der Waals surface area contributed by atoms with Crippen LogP contribution in [0, 0.1) is 19.8 Å². The van der Waals surface area contributed by atoms with Crippen molar-refractivity contribution in [2.75, 3.05) is 13.1 Å². The predicted molar refractivity (Wildman–Crippen MR) is 78.7 cm³/mol. The van der Waals surface area contributed by atoms with Gasteiger partial charge in [0.1, 0.15) is 0 Å². The standard InChI is InChI=1S/C15H18N4O3/c1-9-6-13-16-7-12(10(2)19(13)17-9)14(20)18-5-3-4-11(8-18)15(21)22/h6-7,11H,3-5,8H2,1-2H3,(H,21,22). The highest BCUT2D eigenvalue weighted by molar-refractivity contribution is 5.95. The van der Waals surface area contributed by atoms with Crippen molar-refractivity contribution in [3.63, 3.8) is 0 Å². The Kier molecular flexibility index (Phi) is 3.56. The number of nitrogens with zero attached hydrogens (tertiary/aromatic N) is 4. The number of hydrogen-bond donors (Lipinski definition) is 1. The van der Waals surface area contributed by atoms with E-state index >= 15 is 0 Å². The Hall–Kier alpha value is -2.44. The van der Waals surface area contributed by atoms with Crippen LogP contribution in [0.15, 0.2) is 12.3 Å². The third-order valence-electron chi connectivity index (χ3n) is 4.13. The zero-order chi connectivity index (χ0) is 15.9. The van der Waals surface area contributed by atoms with E-state index in [4.69, 9.17) is 5.11 Å². The molecular weight excluding hydrogens is 284 g/mol. The van der Waals surface area contributed by atoms with Gasteiger partial charge < -0.3 is 10.0 Å². The molecule has 1 unspecified atom stereocenters. The van der Waals surface area contributed by atoms with Gasteiger partial charge in [0.05, 0.1) is 22.9 Å². The molecule has 0 spiro atoms. The van der Waals surface area contributed by atoms with Crippen molar-refractivity contribution >= 4 is 17.5 Å². The first-order valence-electron chi connectivity index (χ1n) is 7.31. The first-order valence-corrected chi connectivity index (χ1v) is 7.31. The summed E-state index contributed by atoms with van der Waals surface area (Å²) >= 11 is 0. The molecule has 2 aromatic heterocycles. The molecule has 1 amide bonds. The predicted octanol–water partition coefficient (Wildman–Crippen LogP) is 1.28. The monoisotopic (exact) mass is 302 g/mol. The Morgan fingerprint density at radius 3 is 2.86 bits per heavy atom. The summed E-state index contributed by atoms with van der Waals surface area (Å²) in [4.78, 5) is 29.7. The fraction of sp³-hybridized carbons (Fsp3) is 0.467. The smallest absolute Gasteiger partial charge is 0.308 e. The normalized spacial score (nSPS) is 18.6. The number of fused-ring (bicyclic) bond motifs is 1. The zero-order valence-corrected chi connectivity index (χ0v) is 12.6. The Morgan fingerprint density at radius 1 is 1.36 bits per heavy atom. The van der Waals surface area contributed by atoms with Crippen molar-refractivity contribution in [2.24, 2.45) is 5.92 Å². The van der Waals surface area contributed by atoms with E-state index in [1.165, 1.54) is 0 Å². The van der Waals surface area contributed by atoms with Crippen LogP contribution in [0.3, 0.4) is 0 Å². The number of carboxylic acid groups (broad SMARTS) is 1. The first-order chi connectivity index (χ1) is 10.5. The largest absolute Gasteiger partial charge is 0.481 e. The van der Waals surface area contributed by atoms with E-state index < -0.39 is 11.9 Å². The Labute approximate surface area is 127 Å². The fourth-order valence-corrected chi connectivity index (χ4v) is 2.91. The number of amides is 1. The second-order valence-electron chi connectivity index (χ2n) is 5.74. The molecule has 7 nitrogen and oxygen atoms in total. The van der Waals surface area contributed by atoms with Gasteiger partial charge in [-0.15, -0.1) is 0 Å². The average molecular weight is 302 g/mol. The van der Waals surface area contributed by atoms with Crippen molar-refractivity contribution in [3.8, 4) is 0 Å². The molecule has 7 heteroatoms. The topological polar surface area (TPSA) is 87.8 Å². The molecule has 1 aliphatic rings. The Morgan fingerprint density at radius 2 is 2.14 bits per heavy atom. The minimum Gasteiger partial charge on any atom is -0.481 e. The van der Waals surface area contributed by atoms with Crippen LogP contribution >= 0.6 is 0 Å². The van der Waals surface area contributed by atoms with Crippen LogP contribution in [0.1, 0.15) is 34.6 Å². The van der Waals surface area contributed by atoms with Crippen LogP contribution in [0.25, 0.3) is 5.65 Å². The van der Waals surface area contributed by atoms with Gasteiger partial charge in [-0.1, -0.05) is 0 Å². The Bertz CT molecular complexity index is 753. The van der Waals surface area contributed by atoms with Gasteiger partial charge in [0, 0.05) is 25.4 Å². The number of piperidine rings is 1. The van der Waals surface area contributed by atoms with Crippen LogP contribution in [0.4, 0.5) is 0 Å². The van der Waals surface area contributed by atoms with Crippen LogP contribution in [0.5, 0.6) is 0 Å². The van der Waals surface area contributed by atoms with E-state index in [-0.39, 0.29) is 12.5 Å². The van der Waals surface area contributed by atoms with Gasteiger partial charge in [-0.3, -0.25) is 9.59 Å². The summed E-state index contributed by atoms with van der Waals surface area (Å²) in [7, 11) is 0. The highest BCUT2D eigenvalue weighted by Crippen LogP contribution is 2.20. The minimum atomic E-state index is -0.842. The minimum absolute atomic E-state index is 0.175. The molecule has 116 valence electrons. The molecule has 0 radical (unpaired) electrons. The number of hydrogen-bond acceptors (Lipinski definition) is 4. The van der Waals surface area contributed by atoms with Gasteiger partial charge >= 0.3 is 5.97 Å². The van der Waals surface area contributed by atoms with Gasteiger partial charge in [0.25, 0.3) is 5.91 Å². The molecule has 1 aliphatic heterocycles. The van der Waals surface area contributed by atoms with Gasteiger partial charge in [0.15, 0.2) is 5.65 Å². The van der Waals surface area contributed by atoms with Crippen LogP contribution < -0.4 is 0 Å². The number of carboxylic acids is 1. The Balaban J connectivity index is 1.91. The number of rotatable bonds is 2. The second-order valence-corrected chi connectivity index (χ2v) is 5.74. The summed E-state index contributed by atoms with van der Waals surface area (Å²) in [6, 6.07) is 1.85. The maximum atomic E-state index is 12.7. The van der Waals surface area contributed by atoms with E-state index in [2.05, 4.69) is 10.1 Å². The summed E-state index contributed by atoms with van der Waals surface area (Å²) < 4.78 is 1.65. The lowest BCUT2D eigenvalue weighted by Crippen LogP contribution is -2.42. The molecule has 22 heavy (non-hydrogen) atoms. The summed E-state index contributed by atoms with van der Waals surface area (Å²) in [6.07, 6.45) is 2.88. The molecule has 1 N–H and O–H groups in total. The van der Waals surface area contributed by atoms with Crippen molar-refractivity contribution in [2.45, 2.75) is 26.7 Å². The van der Waals surface area contributed by atoms with Crippen LogP contribution in [-0.4, -0.2) is 49.6 Å². The maximum absolute atomic E-state index is 12.7. The third-order valence-corrected chi connectivity index (χ3v) is 4.13. The number of likely N-dealkylation sites (tertiary alicyclic amines) is 1. The van der Waals surface area contributed by atoms with Crippen molar-refractivity contribution in [1.29, 1.82) is 0 Å². The number of aliphatic carboxylic acids is 1. The van der Waals surface area contributed by atoms with Crippen molar-refractivity contribution in [3.05, 3.63) is 29.2 Å². The van der Waals surface area contributed by atoms with Gasteiger partial charge in [-0.05, 0) is 26.7 Å². The summed E-state index contributed by atoms with van der Waals surface area (Å²) in [5.74, 6) is -1.50. The van der Waals surface area contributed by atoms with E-state index in [0.29, 0.717) is 30.6 Å².